The molecule has 10 heteroatoms. The predicted octanol–water partition coefficient (Wildman–Crippen LogP) is 1.07. The molecule has 29 heavy (non-hydrogen) atoms. The van der Waals surface area contributed by atoms with E-state index >= 15 is 0 Å². The number of benzene rings is 1. The van der Waals surface area contributed by atoms with Gasteiger partial charge in [-0.1, -0.05) is 0 Å². The molecule has 5 rings (SSSR count). The standard InChI is InChI=1S/C19H27F2N5O3/c1-2-22-19(24-10-14-11-25-3-5-26(14)6-4-25)23-9-13-7-16-17(28-12-27-16)8-15(13)29-18(20)21/h7-8,14,18H,2-6,9-12H2,1H3,(H2,22,23,24). The zero-order valence-corrected chi connectivity index (χ0v) is 16.5. The summed E-state index contributed by atoms with van der Waals surface area (Å²) in [6.07, 6.45) is 0. The predicted molar refractivity (Wildman–Crippen MR) is 104 cm³/mol. The molecule has 0 amide bonds. The Morgan fingerprint density at radius 3 is 2.62 bits per heavy atom. The normalized spacial score (nSPS) is 25.4. The minimum Gasteiger partial charge on any atom is -0.454 e. The number of aliphatic imine (C=N–C) groups is 1. The van der Waals surface area contributed by atoms with Gasteiger partial charge in [0.2, 0.25) is 6.79 Å². The van der Waals surface area contributed by atoms with Crippen LogP contribution in [0.5, 0.6) is 17.2 Å². The molecule has 4 heterocycles. The lowest BCUT2D eigenvalue weighted by Gasteiger charge is -2.47. The molecule has 1 unspecified atom stereocenters. The lowest BCUT2D eigenvalue weighted by atomic mass is 10.1. The molecule has 3 saturated heterocycles. The van der Waals surface area contributed by atoms with Crippen molar-refractivity contribution < 1.29 is 23.0 Å². The van der Waals surface area contributed by atoms with Gasteiger partial charge >= 0.3 is 6.61 Å². The second kappa shape index (κ2) is 9.00. The number of halogens is 2. The van der Waals surface area contributed by atoms with E-state index in [1.165, 1.54) is 6.07 Å². The van der Waals surface area contributed by atoms with Gasteiger partial charge < -0.3 is 24.8 Å². The highest BCUT2D eigenvalue weighted by Gasteiger charge is 2.31. The van der Waals surface area contributed by atoms with Crippen molar-refractivity contribution in [3.8, 4) is 17.2 Å². The van der Waals surface area contributed by atoms with Crippen LogP contribution in [0.3, 0.4) is 0 Å². The second-order valence-corrected chi connectivity index (χ2v) is 7.26. The van der Waals surface area contributed by atoms with Crippen LogP contribution in [0.1, 0.15) is 12.5 Å². The van der Waals surface area contributed by atoms with Crippen molar-refractivity contribution in [3.63, 3.8) is 0 Å². The van der Waals surface area contributed by atoms with Gasteiger partial charge in [-0.3, -0.25) is 9.80 Å². The summed E-state index contributed by atoms with van der Waals surface area (Å²) in [5, 5.41) is 6.59. The summed E-state index contributed by atoms with van der Waals surface area (Å²) in [6.45, 7) is 6.33. The zero-order valence-electron chi connectivity index (χ0n) is 16.5. The fourth-order valence-corrected chi connectivity index (χ4v) is 3.93. The van der Waals surface area contributed by atoms with Crippen LogP contribution in [0.4, 0.5) is 8.78 Å². The minimum atomic E-state index is -2.92. The number of fused-ring (bicyclic) bond motifs is 4. The van der Waals surface area contributed by atoms with Crippen molar-refractivity contribution in [2.24, 2.45) is 4.99 Å². The zero-order chi connectivity index (χ0) is 20.2. The van der Waals surface area contributed by atoms with Gasteiger partial charge in [0.05, 0.1) is 6.54 Å². The summed E-state index contributed by atoms with van der Waals surface area (Å²) in [5.41, 5.74) is 0.512. The first-order valence-electron chi connectivity index (χ1n) is 9.98. The molecule has 3 fully saturated rings. The fourth-order valence-electron chi connectivity index (χ4n) is 3.93. The van der Waals surface area contributed by atoms with Crippen molar-refractivity contribution in [1.82, 2.24) is 20.4 Å². The van der Waals surface area contributed by atoms with Gasteiger partial charge in [-0.25, -0.2) is 4.99 Å². The smallest absolute Gasteiger partial charge is 0.387 e. The molecule has 1 aromatic carbocycles. The minimum absolute atomic E-state index is 0.0485. The molecule has 0 spiro atoms. The quantitative estimate of drug-likeness (QED) is 0.514. The third kappa shape index (κ3) is 4.81. The number of nitrogens with one attached hydrogen (secondary N) is 2. The van der Waals surface area contributed by atoms with E-state index in [-0.39, 0.29) is 19.1 Å². The summed E-state index contributed by atoms with van der Waals surface area (Å²) in [4.78, 5) is 9.55. The highest BCUT2D eigenvalue weighted by molar-refractivity contribution is 5.79. The number of hydrogen-bond donors (Lipinski definition) is 2. The number of guanidine groups is 1. The van der Waals surface area contributed by atoms with E-state index in [0.29, 0.717) is 35.6 Å². The number of hydrogen-bond acceptors (Lipinski definition) is 6. The third-order valence-electron chi connectivity index (χ3n) is 5.42. The Kier molecular flexibility index (Phi) is 6.19. The van der Waals surface area contributed by atoms with E-state index < -0.39 is 6.61 Å². The Labute approximate surface area is 168 Å². The summed E-state index contributed by atoms with van der Waals surface area (Å²) < 4.78 is 40.9. The molecular formula is C19H27F2N5O3. The molecule has 1 aromatic rings. The number of piperazine rings is 3. The van der Waals surface area contributed by atoms with Crippen molar-refractivity contribution >= 4 is 5.96 Å². The van der Waals surface area contributed by atoms with Crippen molar-refractivity contribution in [1.29, 1.82) is 0 Å². The highest BCUT2D eigenvalue weighted by Crippen LogP contribution is 2.39. The Morgan fingerprint density at radius 1 is 1.21 bits per heavy atom. The number of rotatable bonds is 7. The van der Waals surface area contributed by atoms with Gasteiger partial charge in [0, 0.05) is 63.5 Å². The van der Waals surface area contributed by atoms with E-state index in [4.69, 9.17) is 9.47 Å². The van der Waals surface area contributed by atoms with Crippen LogP contribution < -0.4 is 24.8 Å². The van der Waals surface area contributed by atoms with Crippen molar-refractivity contribution in [3.05, 3.63) is 17.7 Å². The molecule has 4 aliphatic rings. The Hall–Kier alpha value is -2.33. The van der Waals surface area contributed by atoms with Crippen molar-refractivity contribution in [2.75, 3.05) is 52.6 Å². The first-order valence-corrected chi connectivity index (χ1v) is 9.98. The van der Waals surface area contributed by atoms with Gasteiger partial charge in [0.15, 0.2) is 17.5 Å². The third-order valence-corrected chi connectivity index (χ3v) is 5.42. The van der Waals surface area contributed by atoms with E-state index in [9.17, 15) is 8.78 Å². The fraction of sp³-hybridized carbons (Fsp3) is 0.632. The van der Waals surface area contributed by atoms with Crippen molar-refractivity contribution in [2.45, 2.75) is 26.1 Å². The van der Waals surface area contributed by atoms with E-state index in [1.54, 1.807) is 6.07 Å². The van der Waals surface area contributed by atoms with Gasteiger partial charge in [0.25, 0.3) is 0 Å². The second-order valence-electron chi connectivity index (χ2n) is 7.26. The molecule has 1 atom stereocenters. The topological polar surface area (TPSA) is 70.6 Å². The Morgan fingerprint density at radius 2 is 1.97 bits per heavy atom. The van der Waals surface area contributed by atoms with Crippen LogP contribution >= 0.6 is 0 Å². The molecule has 0 radical (unpaired) electrons. The summed E-state index contributed by atoms with van der Waals surface area (Å²) in [6, 6.07) is 3.52. The maximum atomic E-state index is 12.8. The van der Waals surface area contributed by atoms with E-state index in [1.807, 2.05) is 6.92 Å². The van der Waals surface area contributed by atoms with Crippen LogP contribution in [0, 0.1) is 0 Å². The van der Waals surface area contributed by atoms with E-state index in [0.717, 1.165) is 39.3 Å². The molecule has 4 aliphatic heterocycles. The average Bonchev–Trinajstić information content (AvgIpc) is 3.17. The average molecular weight is 411 g/mol. The monoisotopic (exact) mass is 411 g/mol. The molecular weight excluding hydrogens is 384 g/mol. The van der Waals surface area contributed by atoms with Gasteiger partial charge in [-0.05, 0) is 13.0 Å². The summed E-state index contributed by atoms with van der Waals surface area (Å²) in [7, 11) is 0. The number of nitrogens with zero attached hydrogens (tertiary/aromatic N) is 3. The molecule has 2 N–H and O–H groups in total. The Bertz CT molecular complexity index is 741. The maximum Gasteiger partial charge on any atom is 0.387 e. The van der Waals surface area contributed by atoms with Gasteiger partial charge in [-0.2, -0.15) is 8.78 Å². The van der Waals surface area contributed by atoms with Gasteiger partial charge in [0.1, 0.15) is 5.75 Å². The van der Waals surface area contributed by atoms with Crippen LogP contribution in [0.15, 0.2) is 17.1 Å². The van der Waals surface area contributed by atoms with Crippen LogP contribution in [0.25, 0.3) is 0 Å². The number of ether oxygens (including phenoxy) is 3. The molecule has 8 nitrogen and oxygen atoms in total. The van der Waals surface area contributed by atoms with Gasteiger partial charge in [-0.15, -0.1) is 0 Å². The first-order chi connectivity index (χ1) is 14.1. The summed E-state index contributed by atoms with van der Waals surface area (Å²) >= 11 is 0. The SMILES string of the molecule is CCNC(=NCc1cc2c(cc1OC(F)F)OCO2)NCC1CN2CCN1CC2. The van der Waals surface area contributed by atoms with E-state index in [2.05, 4.69) is 30.2 Å². The first kappa shape index (κ1) is 20.0. The Balaban J connectivity index is 1.43. The lowest BCUT2D eigenvalue weighted by molar-refractivity contribution is -0.0505. The summed E-state index contributed by atoms with van der Waals surface area (Å²) in [5.74, 6) is 1.60. The molecule has 2 bridgehead atoms. The van der Waals surface area contributed by atoms with Crippen LogP contribution in [-0.4, -0.2) is 81.0 Å². The maximum absolute atomic E-state index is 12.8. The molecule has 160 valence electrons. The molecule has 0 aromatic heterocycles. The largest absolute Gasteiger partial charge is 0.454 e. The lowest BCUT2D eigenvalue weighted by Crippen LogP contribution is -2.63. The molecule has 0 aliphatic carbocycles. The molecule has 0 saturated carbocycles. The van der Waals surface area contributed by atoms with Crippen LogP contribution in [-0.2, 0) is 6.54 Å². The van der Waals surface area contributed by atoms with Crippen LogP contribution in [0.2, 0.25) is 0 Å². The highest BCUT2D eigenvalue weighted by atomic mass is 19.3. The number of alkyl halides is 2.